The first kappa shape index (κ1) is 24.9. The standard InChI is InChI=1S/C26H31N3O5S/c1-32-22-10-9-18(14-23(22)33-2)26(31)27-11-12-29-16-24(20-7-3-4-8-21(20)29)35-17-25(30)28-15-19-6-5-13-34-19/h3-4,7-10,14,16,19H,5-6,11-13,15,17H2,1-2H3,(H,27,31)(H,28,30)/t19-/m0/s1. The highest BCUT2D eigenvalue weighted by Gasteiger charge is 2.17. The normalized spacial score (nSPS) is 15.2. The van der Waals surface area contributed by atoms with Crippen LogP contribution in [0.3, 0.4) is 0 Å². The number of amides is 2. The predicted octanol–water partition coefficient (Wildman–Crippen LogP) is 3.48. The number of thioether (sulfide) groups is 1. The maximum Gasteiger partial charge on any atom is 0.251 e. The van der Waals surface area contributed by atoms with E-state index in [1.807, 2.05) is 24.4 Å². The molecule has 2 heterocycles. The third-order valence-electron chi connectivity index (χ3n) is 5.95. The lowest BCUT2D eigenvalue weighted by Crippen LogP contribution is -2.32. The fraction of sp³-hybridized carbons (Fsp3) is 0.385. The van der Waals surface area contributed by atoms with E-state index in [-0.39, 0.29) is 17.9 Å². The molecule has 1 aliphatic heterocycles. The number of carbonyl (C=O) groups excluding carboxylic acids is 2. The van der Waals surface area contributed by atoms with Crippen molar-refractivity contribution in [3.63, 3.8) is 0 Å². The highest BCUT2D eigenvalue weighted by Crippen LogP contribution is 2.30. The summed E-state index contributed by atoms with van der Waals surface area (Å²) in [5.41, 5.74) is 1.57. The van der Waals surface area contributed by atoms with Gasteiger partial charge in [0.1, 0.15) is 0 Å². The summed E-state index contributed by atoms with van der Waals surface area (Å²) in [4.78, 5) is 26.0. The van der Waals surface area contributed by atoms with E-state index in [2.05, 4.69) is 21.3 Å². The van der Waals surface area contributed by atoms with Gasteiger partial charge in [-0.15, -0.1) is 11.8 Å². The Morgan fingerprint density at radius 1 is 1.11 bits per heavy atom. The Balaban J connectivity index is 1.34. The largest absolute Gasteiger partial charge is 0.493 e. The molecule has 1 fully saturated rings. The molecule has 8 nitrogen and oxygen atoms in total. The third-order valence-corrected chi connectivity index (χ3v) is 6.99. The molecular weight excluding hydrogens is 466 g/mol. The Morgan fingerprint density at radius 3 is 2.71 bits per heavy atom. The van der Waals surface area contributed by atoms with E-state index in [0.717, 1.165) is 35.2 Å². The molecule has 0 bridgehead atoms. The van der Waals surface area contributed by atoms with Gasteiger partial charge in [-0.25, -0.2) is 0 Å². The summed E-state index contributed by atoms with van der Waals surface area (Å²) in [6.45, 7) is 2.41. The van der Waals surface area contributed by atoms with Gasteiger partial charge < -0.3 is 29.4 Å². The van der Waals surface area contributed by atoms with E-state index < -0.39 is 0 Å². The maximum atomic E-state index is 12.6. The summed E-state index contributed by atoms with van der Waals surface area (Å²) in [5.74, 6) is 1.26. The van der Waals surface area contributed by atoms with Crippen LogP contribution in [0.15, 0.2) is 53.6 Å². The number of para-hydroxylation sites is 1. The minimum atomic E-state index is -0.181. The van der Waals surface area contributed by atoms with Crippen molar-refractivity contribution in [1.82, 2.24) is 15.2 Å². The van der Waals surface area contributed by atoms with Gasteiger partial charge in [0.15, 0.2) is 11.5 Å². The number of nitrogens with zero attached hydrogens (tertiary/aromatic N) is 1. The number of ether oxygens (including phenoxy) is 3. The molecule has 35 heavy (non-hydrogen) atoms. The van der Waals surface area contributed by atoms with Crippen LogP contribution in [0.1, 0.15) is 23.2 Å². The molecule has 3 aromatic rings. The molecule has 2 amide bonds. The number of nitrogens with one attached hydrogen (secondary N) is 2. The van der Waals surface area contributed by atoms with Gasteiger partial charge in [0.2, 0.25) is 5.91 Å². The number of benzene rings is 2. The molecule has 9 heteroatoms. The number of rotatable bonds is 11. The molecule has 0 unspecified atom stereocenters. The molecule has 0 spiro atoms. The molecule has 0 radical (unpaired) electrons. The Bertz CT molecular complexity index is 1170. The highest BCUT2D eigenvalue weighted by molar-refractivity contribution is 8.00. The molecule has 2 aromatic carbocycles. The number of fused-ring (bicyclic) bond motifs is 1. The smallest absolute Gasteiger partial charge is 0.251 e. The molecule has 2 N–H and O–H groups in total. The summed E-state index contributed by atoms with van der Waals surface area (Å²) in [6, 6.07) is 13.2. The SMILES string of the molecule is COc1ccc(C(=O)NCCn2cc(SCC(=O)NC[C@@H]3CCCO3)c3ccccc32)cc1OC. The van der Waals surface area contributed by atoms with Gasteiger partial charge >= 0.3 is 0 Å². The second-order valence-electron chi connectivity index (χ2n) is 8.26. The number of carbonyl (C=O) groups is 2. The molecular formula is C26H31N3O5S. The molecule has 186 valence electrons. The monoisotopic (exact) mass is 497 g/mol. The summed E-state index contributed by atoms with van der Waals surface area (Å²) in [5, 5.41) is 7.03. The van der Waals surface area contributed by atoms with Crippen molar-refractivity contribution in [2.75, 3.05) is 39.7 Å². The second kappa shape index (κ2) is 12.0. The molecule has 1 atom stereocenters. The van der Waals surface area contributed by atoms with Crippen molar-refractivity contribution >= 4 is 34.5 Å². The Morgan fingerprint density at radius 2 is 1.94 bits per heavy atom. The molecule has 0 saturated carbocycles. The lowest BCUT2D eigenvalue weighted by atomic mass is 10.2. The zero-order valence-electron chi connectivity index (χ0n) is 20.0. The average molecular weight is 498 g/mol. The quantitative estimate of drug-likeness (QED) is 0.394. The van der Waals surface area contributed by atoms with Crippen LogP contribution in [0.5, 0.6) is 11.5 Å². The number of hydrogen-bond acceptors (Lipinski definition) is 6. The van der Waals surface area contributed by atoms with Crippen LogP contribution in [0.25, 0.3) is 10.9 Å². The van der Waals surface area contributed by atoms with E-state index >= 15 is 0 Å². The van der Waals surface area contributed by atoms with Crippen LogP contribution in [-0.4, -0.2) is 62.2 Å². The van der Waals surface area contributed by atoms with Crippen molar-refractivity contribution in [2.45, 2.75) is 30.4 Å². The highest BCUT2D eigenvalue weighted by atomic mass is 32.2. The van der Waals surface area contributed by atoms with Gasteiger partial charge in [-0.1, -0.05) is 18.2 Å². The Hall–Kier alpha value is -3.17. The predicted molar refractivity (Wildman–Crippen MR) is 137 cm³/mol. The second-order valence-corrected chi connectivity index (χ2v) is 9.27. The average Bonchev–Trinajstić information content (AvgIpc) is 3.54. The van der Waals surface area contributed by atoms with Gasteiger partial charge in [-0.2, -0.15) is 0 Å². The first-order valence-corrected chi connectivity index (χ1v) is 12.7. The molecule has 1 saturated heterocycles. The lowest BCUT2D eigenvalue weighted by Gasteiger charge is -2.11. The van der Waals surface area contributed by atoms with Crippen molar-refractivity contribution in [3.05, 3.63) is 54.2 Å². The van der Waals surface area contributed by atoms with E-state index in [1.54, 1.807) is 32.4 Å². The van der Waals surface area contributed by atoms with Gasteiger partial charge in [0, 0.05) is 53.8 Å². The number of hydrogen-bond donors (Lipinski definition) is 2. The van der Waals surface area contributed by atoms with Gasteiger partial charge in [0.25, 0.3) is 5.91 Å². The van der Waals surface area contributed by atoms with Crippen LogP contribution >= 0.6 is 11.8 Å². The van der Waals surface area contributed by atoms with Crippen LogP contribution in [0.2, 0.25) is 0 Å². The van der Waals surface area contributed by atoms with Crippen molar-refractivity contribution in [3.8, 4) is 11.5 Å². The molecule has 0 aliphatic carbocycles. The number of aromatic nitrogens is 1. The van der Waals surface area contributed by atoms with Crippen LogP contribution in [-0.2, 0) is 16.1 Å². The summed E-state index contributed by atoms with van der Waals surface area (Å²) < 4.78 is 18.2. The zero-order chi connectivity index (χ0) is 24.6. The summed E-state index contributed by atoms with van der Waals surface area (Å²) in [7, 11) is 3.10. The molecule has 4 rings (SSSR count). The van der Waals surface area contributed by atoms with Crippen LogP contribution < -0.4 is 20.1 Å². The number of methoxy groups -OCH3 is 2. The first-order chi connectivity index (χ1) is 17.1. The zero-order valence-corrected chi connectivity index (χ0v) is 20.9. The van der Waals surface area contributed by atoms with Gasteiger partial charge in [-0.3, -0.25) is 9.59 Å². The third kappa shape index (κ3) is 6.29. The fourth-order valence-corrected chi connectivity index (χ4v) is 5.03. The molecule has 1 aliphatic rings. The van der Waals surface area contributed by atoms with E-state index in [1.165, 1.54) is 11.8 Å². The Kier molecular flexibility index (Phi) is 8.54. The fourth-order valence-electron chi connectivity index (χ4n) is 4.11. The summed E-state index contributed by atoms with van der Waals surface area (Å²) >= 11 is 1.52. The van der Waals surface area contributed by atoms with Crippen LogP contribution in [0, 0.1) is 0 Å². The minimum Gasteiger partial charge on any atom is -0.493 e. The van der Waals surface area contributed by atoms with Gasteiger partial charge in [-0.05, 0) is 37.1 Å². The van der Waals surface area contributed by atoms with Crippen molar-refractivity contribution < 1.29 is 23.8 Å². The molecule has 1 aromatic heterocycles. The Labute approximate surface area is 209 Å². The summed E-state index contributed by atoms with van der Waals surface area (Å²) in [6.07, 6.45) is 4.25. The van der Waals surface area contributed by atoms with Crippen molar-refractivity contribution in [1.29, 1.82) is 0 Å². The first-order valence-electron chi connectivity index (χ1n) is 11.7. The topological polar surface area (TPSA) is 90.8 Å². The van der Waals surface area contributed by atoms with Crippen molar-refractivity contribution in [2.24, 2.45) is 0 Å². The lowest BCUT2D eigenvalue weighted by molar-refractivity contribution is -0.119. The van der Waals surface area contributed by atoms with Crippen LogP contribution in [0.4, 0.5) is 0 Å². The van der Waals surface area contributed by atoms with E-state index in [0.29, 0.717) is 42.4 Å². The van der Waals surface area contributed by atoms with E-state index in [4.69, 9.17) is 14.2 Å². The van der Waals surface area contributed by atoms with E-state index in [9.17, 15) is 9.59 Å². The van der Waals surface area contributed by atoms with Gasteiger partial charge in [0.05, 0.1) is 26.1 Å². The maximum absolute atomic E-state index is 12.6. The minimum absolute atomic E-state index is 0.00418.